The molecule has 1 fully saturated rings. The maximum atomic E-state index is 13.6. The van der Waals surface area contributed by atoms with Crippen molar-refractivity contribution in [3.8, 4) is 17.6 Å². The van der Waals surface area contributed by atoms with Crippen LogP contribution in [-0.2, 0) is 19.1 Å². The van der Waals surface area contributed by atoms with Gasteiger partial charge in [-0.05, 0) is 45.0 Å². The number of methoxy groups -OCH3 is 1. The van der Waals surface area contributed by atoms with Crippen LogP contribution in [-0.4, -0.2) is 59.9 Å². The van der Waals surface area contributed by atoms with E-state index in [0.29, 0.717) is 30.0 Å². The predicted molar refractivity (Wildman–Crippen MR) is 108 cm³/mol. The van der Waals surface area contributed by atoms with E-state index in [1.165, 1.54) is 19.2 Å². The summed E-state index contributed by atoms with van der Waals surface area (Å²) in [6.45, 7) is 1.78. The molecule has 0 radical (unpaired) electrons. The second-order valence-corrected chi connectivity index (χ2v) is 7.90. The average molecular weight is 438 g/mol. The molecule has 0 unspecified atom stereocenters. The third kappa shape index (κ3) is 4.48. The molecule has 1 aromatic heterocycles. The van der Waals surface area contributed by atoms with Gasteiger partial charge < -0.3 is 24.4 Å². The van der Waals surface area contributed by atoms with Gasteiger partial charge in [0.25, 0.3) is 0 Å². The molecule has 4 rings (SSSR count). The van der Waals surface area contributed by atoms with Gasteiger partial charge in [-0.25, -0.2) is 0 Å². The molecule has 2 aromatic rings. The van der Waals surface area contributed by atoms with E-state index < -0.39 is 11.7 Å². The van der Waals surface area contributed by atoms with Crippen LogP contribution in [0.25, 0.3) is 0 Å². The molecule has 1 aromatic carbocycles. The van der Waals surface area contributed by atoms with Crippen LogP contribution in [0.4, 0.5) is 18.9 Å². The summed E-state index contributed by atoms with van der Waals surface area (Å²) in [4.78, 5) is 12.2. The number of alkyl halides is 3. The van der Waals surface area contributed by atoms with Crippen LogP contribution in [0.15, 0.2) is 18.2 Å². The molecule has 0 bridgehead atoms. The molecule has 0 saturated carbocycles. The van der Waals surface area contributed by atoms with Gasteiger partial charge in [0.15, 0.2) is 0 Å². The normalized spacial score (nSPS) is 19.4. The molecule has 10 heteroatoms. The highest BCUT2D eigenvalue weighted by atomic mass is 19.4. The highest BCUT2D eigenvalue weighted by Crippen LogP contribution is 2.40. The second kappa shape index (κ2) is 8.41. The fourth-order valence-electron chi connectivity index (χ4n) is 4.16. The zero-order valence-corrected chi connectivity index (χ0v) is 17.4. The van der Waals surface area contributed by atoms with E-state index in [1.54, 1.807) is 4.90 Å². The van der Waals surface area contributed by atoms with Crippen molar-refractivity contribution in [3.63, 3.8) is 0 Å². The van der Waals surface area contributed by atoms with Gasteiger partial charge in [0.05, 0.1) is 30.6 Å². The Morgan fingerprint density at radius 1 is 1.23 bits per heavy atom. The largest absolute Gasteiger partial charge is 0.497 e. The van der Waals surface area contributed by atoms with E-state index in [4.69, 9.17) is 9.47 Å². The number of hydrogen-bond acceptors (Lipinski definition) is 7. The van der Waals surface area contributed by atoms with Gasteiger partial charge in [-0.1, -0.05) is 0 Å². The molecule has 0 aliphatic carbocycles. The van der Waals surface area contributed by atoms with Crippen molar-refractivity contribution in [3.05, 3.63) is 35.0 Å². The third-order valence-electron chi connectivity index (χ3n) is 5.95. The molecule has 3 heterocycles. The van der Waals surface area contributed by atoms with Crippen LogP contribution in [0, 0.1) is 0 Å². The summed E-state index contributed by atoms with van der Waals surface area (Å²) >= 11 is 0. The van der Waals surface area contributed by atoms with Crippen LogP contribution in [0.5, 0.6) is 17.6 Å². The Labute approximate surface area is 178 Å². The van der Waals surface area contributed by atoms with E-state index >= 15 is 0 Å². The molecule has 0 spiro atoms. The molecular weight excluding hydrogens is 413 g/mol. The van der Waals surface area contributed by atoms with E-state index in [0.717, 1.165) is 25.5 Å². The first-order valence-electron chi connectivity index (χ1n) is 10.2. The molecule has 31 heavy (non-hydrogen) atoms. The van der Waals surface area contributed by atoms with E-state index in [1.807, 2.05) is 7.05 Å². The minimum atomic E-state index is -4.50. The zero-order chi connectivity index (χ0) is 22.2. The molecule has 1 atom stereocenters. The van der Waals surface area contributed by atoms with Crippen LogP contribution in [0.1, 0.15) is 29.7 Å². The van der Waals surface area contributed by atoms with Crippen LogP contribution in [0.2, 0.25) is 0 Å². The number of fused-ring (bicyclic) bond motifs is 1. The van der Waals surface area contributed by atoms with E-state index in [-0.39, 0.29) is 36.7 Å². The van der Waals surface area contributed by atoms with Crippen molar-refractivity contribution in [2.24, 2.45) is 0 Å². The number of rotatable bonds is 5. The van der Waals surface area contributed by atoms with Crippen molar-refractivity contribution in [1.29, 1.82) is 0 Å². The number of nitrogens with zero attached hydrogens (tertiary/aromatic N) is 4. The van der Waals surface area contributed by atoms with Gasteiger partial charge in [-0.3, -0.25) is 0 Å². The quantitative estimate of drug-likeness (QED) is 0.769. The topological polar surface area (TPSA) is 71.0 Å². The first-order chi connectivity index (χ1) is 14.8. The lowest BCUT2D eigenvalue weighted by atomic mass is 10.0. The van der Waals surface area contributed by atoms with Crippen LogP contribution >= 0.6 is 0 Å². The summed E-state index contributed by atoms with van der Waals surface area (Å²) in [7, 11) is 3.44. The Bertz CT molecular complexity index is 954. The van der Waals surface area contributed by atoms with Crippen molar-refractivity contribution in [2.75, 3.05) is 38.8 Å². The first-order valence-corrected chi connectivity index (χ1v) is 10.2. The minimum absolute atomic E-state index is 0.0191. The highest BCUT2D eigenvalue weighted by molar-refractivity contribution is 5.60. The standard InChI is InChI=1S/C21H25F3N4O3/c1-27-8-3-4-13(27)12-31-20-25-17-11-28(9-7-15(17)19(29)26-20)18-10-14(30-2)5-6-16(18)21(22,23)24/h5-6,10,13H,3-4,7-9,11-12H2,1-2H3,(H,25,26,29)/t13-/m0/s1. The minimum Gasteiger partial charge on any atom is -0.497 e. The number of aromatic hydroxyl groups is 1. The number of likely N-dealkylation sites (tertiary alicyclic amines) is 1. The Hall–Kier alpha value is -2.75. The SMILES string of the molecule is COc1ccc(C(F)(F)F)c(N2CCc3c(O)nc(OC[C@@H]4CCCN4C)nc3C2)c1. The summed E-state index contributed by atoms with van der Waals surface area (Å²) in [6.07, 6.45) is -2.08. The lowest BCUT2D eigenvalue weighted by molar-refractivity contribution is -0.137. The summed E-state index contributed by atoms with van der Waals surface area (Å²) in [5, 5.41) is 10.3. The molecular formula is C21H25F3N4O3. The zero-order valence-electron chi connectivity index (χ0n) is 17.4. The summed E-state index contributed by atoms with van der Waals surface area (Å²) in [5.74, 6) is 0.158. The molecule has 2 aliphatic rings. The Balaban J connectivity index is 1.59. The fraction of sp³-hybridized carbons (Fsp3) is 0.524. The molecule has 0 amide bonds. The summed E-state index contributed by atoms with van der Waals surface area (Å²) < 4.78 is 51.6. The van der Waals surface area contributed by atoms with Crippen molar-refractivity contribution < 1.29 is 27.8 Å². The molecule has 7 nitrogen and oxygen atoms in total. The van der Waals surface area contributed by atoms with Gasteiger partial charge in [-0.15, -0.1) is 0 Å². The number of benzene rings is 1. The van der Waals surface area contributed by atoms with Gasteiger partial charge >= 0.3 is 12.2 Å². The second-order valence-electron chi connectivity index (χ2n) is 7.90. The van der Waals surface area contributed by atoms with Gasteiger partial charge in [0.1, 0.15) is 12.4 Å². The Morgan fingerprint density at radius 2 is 2.03 bits per heavy atom. The van der Waals surface area contributed by atoms with E-state index in [9.17, 15) is 18.3 Å². The summed E-state index contributed by atoms with van der Waals surface area (Å²) in [6, 6.07) is 3.99. The Morgan fingerprint density at radius 3 is 2.71 bits per heavy atom. The molecule has 2 aliphatic heterocycles. The van der Waals surface area contributed by atoms with Gasteiger partial charge in [-0.2, -0.15) is 23.1 Å². The number of aromatic nitrogens is 2. The van der Waals surface area contributed by atoms with Gasteiger partial charge in [0.2, 0.25) is 5.88 Å². The van der Waals surface area contributed by atoms with Crippen molar-refractivity contribution >= 4 is 5.69 Å². The number of halogens is 3. The maximum absolute atomic E-state index is 13.6. The van der Waals surface area contributed by atoms with E-state index in [2.05, 4.69) is 14.9 Å². The predicted octanol–water partition coefficient (Wildman–Crippen LogP) is 3.25. The fourth-order valence-corrected chi connectivity index (χ4v) is 4.16. The number of ether oxygens (including phenoxy) is 2. The van der Waals surface area contributed by atoms with Crippen LogP contribution in [0.3, 0.4) is 0 Å². The summed E-state index contributed by atoms with van der Waals surface area (Å²) in [5.41, 5.74) is 0.281. The molecule has 168 valence electrons. The van der Waals surface area contributed by atoms with Gasteiger partial charge in [0, 0.05) is 24.2 Å². The Kier molecular flexibility index (Phi) is 5.83. The first kappa shape index (κ1) is 21.5. The van der Waals surface area contributed by atoms with Crippen molar-refractivity contribution in [2.45, 2.75) is 38.0 Å². The number of likely N-dealkylation sites (N-methyl/N-ethyl adjacent to an activating group) is 1. The lowest BCUT2D eigenvalue weighted by Gasteiger charge is -2.32. The van der Waals surface area contributed by atoms with Crippen molar-refractivity contribution in [1.82, 2.24) is 14.9 Å². The highest BCUT2D eigenvalue weighted by Gasteiger charge is 2.36. The third-order valence-corrected chi connectivity index (χ3v) is 5.95. The molecule has 1 N–H and O–H groups in total. The number of anilines is 1. The number of hydrogen-bond donors (Lipinski definition) is 1. The maximum Gasteiger partial charge on any atom is 0.418 e. The monoisotopic (exact) mass is 438 g/mol. The van der Waals surface area contributed by atoms with Crippen LogP contribution < -0.4 is 14.4 Å². The smallest absolute Gasteiger partial charge is 0.418 e. The lowest BCUT2D eigenvalue weighted by Crippen LogP contribution is -2.33. The molecule has 1 saturated heterocycles. The average Bonchev–Trinajstić information content (AvgIpc) is 3.15.